The Kier molecular flexibility index (Phi) is 5.37. The second kappa shape index (κ2) is 7.88. The van der Waals surface area contributed by atoms with Crippen LogP contribution >= 0.6 is 0 Å². The van der Waals surface area contributed by atoms with Gasteiger partial charge in [-0.15, -0.1) is 0 Å². The van der Waals surface area contributed by atoms with Crippen LogP contribution in [0.25, 0.3) is 11.0 Å². The molecule has 0 radical (unpaired) electrons. The highest BCUT2D eigenvalue weighted by Crippen LogP contribution is 2.27. The molecule has 27 heavy (non-hydrogen) atoms. The Hall–Kier alpha value is -3.39. The van der Waals surface area contributed by atoms with Crippen LogP contribution in [0.4, 0.5) is 0 Å². The maximum absolute atomic E-state index is 12.3. The lowest BCUT2D eigenvalue weighted by Crippen LogP contribution is -2.35. The maximum atomic E-state index is 12.3. The molecular weight excluding hydrogens is 352 g/mol. The Morgan fingerprint density at radius 3 is 2.63 bits per heavy atom. The predicted octanol–water partition coefficient (Wildman–Crippen LogP) is 2.03. The molecular formula is C19H18N2O6. The first kappa shape index (κ1) is 18.4. The number of nitrogens with one attached hydrogen (secondary N) is 1. The van der Waals surface area contributed by atoms with Crippen LogP contribution in [-0.2, 0) is 27.9 Å². The number of rotatable bonds is 6. The second-order valence-electron chi connectivity index (χ2n) is 5.80. The zero-order chi connectivity index (χ0) is 19.4. The van der Waals surface area contributed by atoms with Crippen LogP contribution in [-0.4, -0.2) is 36.1 Å². The van der Waals surface area contributed by atoms with E-state index in [4.69, 9.17) is 13.9 Å². The first-order valence-electron chi connectivity index (χ1n) is 8.13. The molecule has 2 heterocycles. The lowest BCUT2D eigenvalue weighted by molar-refractivity contribution is -0.123. The average Bonchev–Trinajstić information content (AvgIpc) is 3.24. The van der Waals surface area contributed by atoms with Gasteiger partial charge in [-0.3, -0.25) is 14.9 Å². The minimum Gasteiger partial charge on any atom is -0.450 e. The number of aryl methyl sites for hydroxylation is 1. The standard InChI is InChI=1S/C19H18N2O6/c1-21-9-5-7-14(21)18(23)20-16(22)11-26-19(24)17-13(10-25-2)12-6-3-4-8-15(12)27-17/h3-9H,10-11H2,1-2H3,(H,20,22,23). The zero-order valence-electron chi connectivity index (χ0n) is 14.9. The number of benzene rings is 1. The van der Waals surface area contributed by atoms with E-state index in [1.807, 2.05) is 6.07 Å². The summed E-state index contributed by atoms with van der Waals surface area (Å²) in [5.74, 6) is -2.15. The van der Waals surface area contributed by atoms with E-state index in [2.05, 4.69) is 5.32 Å². The molecule has 0 atom stereocenters. The Labute approximate surface area is 154 Å². The van der Waals surface area contributed by atoms with Gasteiger partial charge in [0.15, 0.2) is 6.61 Å². The highest BCUT2D eigenvalue weighted by Gasteiger charge is 2.23. The molecule has 0 saturated carbocycles. The highest BCUT2D eigenvalue weighted by atomic mass is 16.5. The summed E-state index contributed by atoms with van der Waals surface area (Å²) in [6, 6.07) is 10.4. The number of nitrogens with zero attached hydrogens (tertiary/aromatic N) is 1. The number of methoxy groups -OCH3 is 1. The van der Waals surface area contributed by atoms with Gasteiger partial charge in [-0.2, -0.15) is 0 Å². The molecule has 0 fully saturated rings. The van der Waals surface area contributed by atoms with Crippen LogP contribution in [0.15, 0.2) is 47.0 Å². The summed E-state index contributed by atoms with van der Waals surface area (Å²) in [7, 11) is 3.18. The molecule has 8 heteroatoms. The summed E-state index contributed by atoms with van der Waals surface area (Å²) >= 11 is 0. The number of imide groups is 1. The van der Waals surface area contributed by atoms with E-state index in [-0.39, 0.29) is 12.4 Å². The fraction of sp³-hybridized carbons (Fsp3) is 0.211. The molecule has 0 spiro atoms. The Morgan fingerprint density at radius 2 is 1.93 bits per heavy atom. The van der Waals surface area contributed by atoms with Gasteiger partial charge in [0, 0.05) is 31.3 Å². The predicted molar refractivity (Wildman–Crippen MR) is 95.1 cm³/mol. The van der Waals surface area contributed by atoms with Crippen molar-refractivity contribution in [2.24, 2.45) is 7.05 Å². The number of aromatic nitrogens is 1. The van der Waals surface area contributed by atoms with Crippen molar-refractivity contribution in [1.29, 1.82) is 0 Å². The zero-order valence-corrected chi connectivity index (χ0v) is 14.9. The number of para-hydroxylation sites is 1. The minimum absolute atomic E-state index is 0.0281. The summed E-state index contributed by atoms with van der Waals surface area (Å²) in [5.41, 5.74) is 1.37. The van der Waals surface area contributed by atoms with Gasteiger partial charge in [0.25, 0.3) is 11.8 Å². The molecule has 0 aliphatic rings. The van der Waals surface area contributed by atoms with Gasteiger partial charge in [-0.05, 0) is 18.2 Å². The highest BCUT2D eigenvalue weighted by molar-refractivity contribution is 6.05. The average molecular weight is 370 g/mol. The molecule has 1 aromatic carbocycles. The Morgan fingerprint density at radius 1 is 1.15 bits per heavy atom. The lowest BCUT2D eigenvalue weighted by atomic mass is 10.1. The third-order valence-corrected chi connectivity index (χ3v) is 3.94. The molecule has 0 aliphatic heterocycles. The van der Waals surface area contributed by atoms with Crippen molar-refractivity contribution in [3.05, 3.63) is 59.6 Å². The largest absolute Gasteiger partial charge is 0.450 e. The van der Waals surface area contributed by atoms with Gasteiger partial charge < -0.3 is 18.5 Å². The van der Waals surface area contributed by atoms with Crippen LogP contribution in [0.3, 0.4) is 0 Å². The number of carbonyl (C=O) groups is 3. The number of furan rings is 1. The Bertz CT molecular complexity index is 1000. The second-order valence-corrected chi connectivity index (χ2v) is 5.80. The van der Waals surface area contributed by atoms with Crippen molar-refractivity contribution in [2.75, 3.05) is 13.7 Å². The van der Waals surface area contributed by atoms with Crippen molar-refractivity contribution in [3.63, 3.8) is 0 Å². The fourth-order valence-corrected chi connectivity index (χ4v) is 2.67. The minimum atomic E-state index is -0.806. The fourth-order valence-electron chi connectivity index (χ4n) is 2.67. The summed E-state index contributed by atoms with van der Waals surface area (Å²) in [4.78, 5) is 36.2. The van der Waals surface area contributed by atoms with Gasteiger partial charge in [-0.25, -0.2) is 4.79 Å². The topological polar surface area (TPSA) is 99.8 Å². The maximum Gasteiger partial charge on any atom is 0.375 e. The SMILES string of the molecule is COCc1c(C(=O)OCC(=O)NC(=O)c2cccn2C)oc2ccccc12. The quantitative estimate of drug-likeness (QED) is 0.667. The summed E-state index contributed by atoms with van der Waals surface area (Å²) in [6.07, 6.45) is 1.68. The van der Waals surface area contributed by atoms with Gasteiger partial charge >= 0.3 is 5.97 Å². The van der Waals surface area contributed by atoms with Crippen LogP contribution < -0.4 is 5.32 Å². The monoisotopic (exact) mass is 370 g/mol. The molecule has 0 unspecified atom stereocenters. The number of hydrogen-bond donors (Lipinski definition) is 1. The summed E-state index contributed by atoms with van der Waals surface area (Å²) in [6.45, 7) is -0.460. The van der Waals surface area contributed by atoms with E-state index in [0.717, 1.165) is 5.39 Å². The van der Waals surface area contributed by atoms with E-state index < -0.39 is 24.4 Å². The van der Waals surface area contributed by atoms with Crippen molar-refractivity contribution >= 4 is 28.8 Å². The number of ether oxygens (including phenoxy) is 2. The molecule has 2 aromatic heterocycles. The molecule has 0 bridgehead atoms. The van der Waals surface area contributed by atoms with Gasteiger partial charge in [0.05, 0.1) is 6.61 Å². The first-order chi connectivity index (χ1) is 13.0. The van der Waals surface area contributed by atoms with Crippen molar-refractivity contribution in [3.8, 4) is 0 Å². The van der Waals surface area contributed by atoms with Crippen molar-refractivity contribution in [2.45, 2.75) is 6.61 Å². The number of esters is 1. The van der Waals surface area contributed by atoms with Crippen LogP contribution in [0, 0.1) is 0 Å². The molecule has 0 aliphatic carbocycles. The molecule has 1 N–H and O–H groups in total. The third-order valence-electron chi connectivity index (χ3n) is 3.94. The van der Waals surface area contributed by atoms with Crippen molar-refractivity contribution in [1.82, 2.24) is 9.88 Å². The number of fused-ring (bicyclic) bond motifs is 1. The van der Waals surface area contributed by atoms with E-state index >= 15 is 0 Å². The summed E-state index contributed by atoms with van der Waals surface area (Å²) < 4.78 is 17.2. The molecule has 2 amide bonds. The van der Waals surface area contributed by atoms with E-state index in [0.29, 0.717) is 16.8 Å². The normalized spacial score (nSPS) is 10.7. The molecule has 140 valence electrons. The number of hydrogen-bond acceptors (Lipinski definition) is 6. The number of amides is 2. The number of carbonyl (C=O) groups excluding carboxylic acids is 3. The molecule has 3 aromatic rings. The molecule has 8 nitrogen and oxygen atoms in total. The molecule has 0 saturated heterocycles. The van der Waals surface area contributed by atoms with Crippen molar-refractivity contribution < 1.29 is 28.3 Å². The van der Waals surface area contributed by atoms with Crippen LogP contribution in [0.1, 0.15) is 26.6 Å². The van der Waals surface area contributed by atoms with E-state index in [1.54, 1.807) is 48.1 Å². The Balaban J connectivity index is 1.66. The van der Waals surface area contributed by atoms with Gasteiger partial charge in [0.1, 0.15) is 11.3 Å². The van der Waals surface area contributed by atoms with E-state index in [1.165, 1.54) is 7.11 Å². The summed E-state index contributed by atoms with van der Waals surface area (Å²) in [5, 5.41) is 2.90. The lowest BCUT2D eigenvalue weighted by Gasteiger charge is -2.06. The van der Waals surface area contributed by atoms with Crippen LogP contribution in [0.5, 0.6) is 0 Å². The molecule has 3 rings (SSSR count). The first-order valence-corrected chi connectivity index (χ1v) is 8.13. The van der Waals surface area contributed by atoms with Crippen LogP contribution in [0.2, 0.25) is 0 Å². The third kappa shape index (κ3) is 3.90. The smallest absolute Gasteiger partial charge is 0.375 e. The van der Waals surface area contributed by atoms with E-state index in [9.17, 15) is 14.4 Å². The van der Waals surface area contributed by atoms with Gasteiger partial charge in [-0.1, -0.05) is 18.2 Å². The van der Waals surface area contributed by atoms with Gasteiger partial charge in [0.2, 0.25) is 5.76 Å².